The van der Waals surface area contributed by atoms with Gasteiger partial charge >= 0.3 is 0 Å². The lowest BCUT2D eigenvalue weighted by Gasteiger charge is -2.35. The van der Waals surface area contributed by atoms with Gasteiger partial charge in [0.25, 0.3) is 11.5 Å². The van der Waals surface area contributed by atoms with Crippen LogP contribution in [-0.2, 0) is 16.0 Å². The van der Waals surface area contributed by atoms with E-state index in [0.29, 0.717) is 26.2 Å². The molecule has 0 N–H and O–H groups in total. The fraction of sp³-hybridized carbons (Fsp3) is 0.643. The lowest BCUT2D eigenvalue weighted by molar-refractivity contribution is -0.0588. The van der Waals surface area contributed by atoms with Gasteiger partial charge in [0.05, 0.1) is 25.4 Å². The fourth-order valence-electron chi connectivity index (χ4n) is 2.41. The predicted octanol–water partition coefficient (Wildman–Crippen LogP) is 0.139. The van der Waals surface area contributed by atoms with Gasteiger partial charge in [-0.2, -0.15) is 5.10 Å². The van der Waals surface area contributed by atoms with Crippen molar-refractivity contribution in [3.8, 4) is 0 Å². The Morgan fingerprint density at radius 2 is 2.05 bits per heavy atom. The van der Waals surface area contributed by atoms with Crippen LogP contribution in [0.15, 0.2) is 16.9 Å². The van der Waals surface area contributed by atoms with E-state index in [1.165, 1.54) is 16.8 Å². The Hall–Kier alpha value is -1.73. The van der Waals surface area contributed by atoms with Crippen molar-refractivity contribution in [2.45, 2.75) is 32.6 Å². The summed E-state index contributed by atoms with van der Waals surface area (Å²) in [6, 6.07) is 2.84. The van der Waals surface area contributed by atoms with Crippen LogP contribution in [0.5, 0.6) is 0 Å². The summed E-state index contributed by atoms with van der Waals surface area (Å²) < 4.78 is 11.8. The molecule has 7 heteroatoms. The molecule has 0 radical (unpaired) electrons. The van der Waals surface area contributed by atoms with Gasteiger partial charge in [0, 0.05) is 26.3 Å². The van der Waals surface area contributed by atoms with Crippen LogP contribution in [0.1, 0.15) is 24.3 Å². The molecule has 0 aromatic carbocycles. The fourth-order valence-corrected chi connectivity index (χ4v) is 2.41. The second-order valence-corrected chi connectivity index (χ2v) is 5.24. The smallest absolute Gasteiger partial charge is 0.274 e. The molecule has 1 aliphatic heterocycles. The van der Waals surface area contributed by atoms with Crippen LogP contribution in [0.3, 0.4) is 0 Å². The average molecular weight is 295 g/mol. The van der Waals surface area contributed by atoms with E-state index >= 15 is 0 Å². The molecule has 0 saturated carbocycles. The first-order chi connectivity index (χ1) is 10.0. The number of ether oxygens (including phenoxy) is 2. The highest BCUT2D eigenvalue weighted by atomic mass is 16.5. The summed E-state index contributed by atoms with van der Waals surface area (Å²) in [5.41, 5.74) is 0.0271. The van der Waals surface area contributed by atoms with Crippen LogP contribution >= 0.6 is 0 Å². The molecule has 2 rings (SSSR count). The molecule has 0 spiro atoms. The van der Waals surface area contributed by atoms with Crippen molar-refractivity contribution >= 4 is 5.91 Å². The topological polar surface area (TPSA) is 73.7 Å². The number of methoxy groups -OCH3 is 1. The van der Waals surface area contributed by atoms with Crippen molar-refractivity contribution in [2.24, 2.45) is 0 Å². The lowest BCUT2D eigenvalue weighted by Crippen LogP contribution is -2.48. The molecule has 1 amide bonds. The van der Waals surface area contributed by atoms with Crippen LogP contribution in [0.25, 0.3) is 0 Å². The Kier molecular flexibility index (Phi) is 5.08. The standard InChI is InChI=1S/C14H21N3O4/c1-10-8-16(9-11(2)21-10)14(19)12-4-5-13(18)17(15-12)6-7-20-3/h4-5,10-11H,6-9H2,1-3H3. The van der Waals surface area contributed by atoms with E-state index in [2.05, 4.69) is 5.10 Å². The second-order valence-electron chi connectivity index (χ2n) is 5.24. The quantitative estimate of drug-likeness (QED) is 0.790. The molecule has 2 atom stereocenters. The van der Waals surface area contributed by atoms with E-state index in [0.717, 1.165) is 0 Å². The SMILES string of the molecule is COCCn1nc(C(=O)N2CC(C)OC(C)C2)ccc1=O. The second kappa shape index (κ2) is 6.82. The van der Waals surface area contributed by atoms with Crippen molar-refractivity contribution in [3.63, 3.8) is 0 Å². The first-order valence-corrected chi connectivity index (χ1v) is 7.03. The van der Waals surface area contributed by atoms with Crippen LogP contribution in [-0.4, -0.2) is 59.6 Å². The predicted molar refractivity (Wildman–Crippen MR) is 76.3 cm³/mol. The van der Waals surface area contributed by atoms with Gasteiger partial charge < -0.3 is 14.4 Å². The van der Waals surface area contributed by atoms with Crippen molar-refractivity contribution in [3.05, 3.63) is 28.2 Å². The van der Waals surface area contributed by atoms with E-state index in [-0.39, 0.29) is 29.4 Å². The number of hydrogen-bond donors (Lipinski definition) is 0. The average Bonchev–Trinajstić information content (AvgIpc) is 2.44. The molecule has 1 aromatic rings. The van der Waals surface area contributed by atoms with Crippen LogP contribution in [0.4, 0.5) is 0 Å². The third-order valence-electron chi connectivity index (χ3n) is 3.30. The zero-order valence-corrected chi connectivity index (χ0v) is 12.6. The monoisotopic (exact) mass is 295 g/mol. The molecule has 1 fully saturated rings. The maximum atomic E-state index is 12.5. The van der Waals surface area contributed by atoms with E-state index in [4.69, 9.17) is 9.47 Å². The van der Waals surface area contributed by atoms with Crippen LogP contribution in [0.2, 0.25) is 0 Å². The van der Waals surface area contributed by atoms with E-state index in [9.17, 15) is 9.59 Å². The molecule has 1 aliphatic rings. The number of morpholine rings is 1. The molecule has 2 heterocycles. The van der Waals surface area contributed by atoms with Crippen molar-refractivity contribution in [1.82, 2.24) is 14.7 Å². The van der Waals surface area contributed by atoms with E-state index in [1.54, 1.807) is 12.0 Å². The maximum absolute atomic E-state index is 12.5. The molecule has 0 bridgehead atoms. The molecule has 7 nitrogen and oxygen atoms in total. The number of carbonyl (C=O) groups is 1. The molecule has 1 aromatic heterocycles. The lowest BCUT2D eigenvalue weighted by atomic mass is 10.2. The Bertz CT molecular complexity index is 547. The number of hydrogen-bond acceptors (Lipinski definition) is 5. The molecular formula is C14H21N3O4. The Labute approximate surface area is 123 Å². The van der Waals surface area contributed by atoms with Gasteiger partial charge in [0.2, 0.25) is 0 Å². The minimum atomic E-state index is -0.243. The normalized spacial score (nSPS) is 22.3. The number of carbonyl (C=O) groups excluding carboxylic acids is 1. The van der Waals surface area contributed by atoms with E-state index in [1.807, 2.05) is 13.8 Å². The maximum Gasteiger partial charge on any atom is 0.274 e. The van der Waals surface area contributed by atoms with Gasteiger partial charge in [-0.25, -0.2) is 4.68 Å². The summed E-state index contributed by atoms with van der Waals surface area (Å²) in [6.45, 7) is 5.62. The Balaban J connectivity index is 2.17. The summed E-state index contributed by atoms with van der Waals surface area (Å²) in [4.78, 5) is 25.9. The van der Waals surface area contributed by atoms with Gasteiger partial charge in [-0.05, 0) is 19.9 Å². The van der Waals surface area contributed by atoms with Gasteiger partial charge in [-0.1, -0.05) is 0 Å². The van der Waals surface area contributed by atoms with Gasteiger partial charge in [-0.3, -0.25) is 9.59 Å². The first kappa shape index (κ1) is 15.7. The third-order valence-corrected chi connectivity index (χ3v) is 3.30. The van der Waals surface area contributed by atoms with Gasteiger partial charge in [0.15, 0.2) is 0 Å². The summed E-state index contributed by atoms with van der Waals surface area (Å²) in [5, 5.41) is 4.13. The zero-order chi connectivity index (χ0) is 15.4. The third kappa shape index (κ3) is 3.89. The highest BCUT2D eigenvalue weighted by molar-refractivity contribution is 5.92. The molecular weight excluding hydrogens is 274 g/mol. The summed E-state index contributed by atoms with van der Waals surface area (Å²) >= 11 is 0. The molecule has 2 unspecified atom stereocenters. The number of nitrogens with zero attached hydrogens (tertiary/aromatic N) is 3. The van der Waals surface area contributed by atoms with E-state index < -0.39 is 0 Å². The summed E-state index contributed by atoms with van der Waals surface area (Å²) in [7, 11) is 1.55. The number of aromatic nitrogens is 2. The van der Waals surface area contributed by atoms with Crippen molar-refractivity contribution in [1.29, 1.82) is 0 Å². The Morgan fingerprint density at radius 3 is 2.67 bits per heavy atom. The first-order valence-electron chi connectivity index (χ1n) is 7.03. The summed E-state index contributed by atoms with van der Waals surface area (Å²) in [5.74, 6) is -0.178. The number of amides is 1. The molecule has 1 saturated heterocycles. The minimum absolute atomic E-state index is 0.00269. The molecule has 116 valence electrons. The van der Waals surface area contributed by atoms with Crippen molar-refractivity contribution in [2.75, 3.05) is 26.8 Å². The van der Waals surface area contributed by atoms with Crippen LogP contribution in [0, 0.1) is 0 Å². The number of rotatable bonds is 4. The summed E-state index contributed by atoms with van der Waals surface area (Å²) in [6.07, 6.45) is -0.00538. The van der Waals surface area contributed by atoms with Gasteiger partial charge in [0.1, 0.15) is 5.69 Å². The molecule has 0 aliphatic carbocycles. The highest BCUT2D eigenvalue weighted by Crippen LogP contribution is 2.12. The molecule has 21 heavy (non-hydrogen) atoms. The largest absolute Gasteiger partial charge is 0.383 e. The van der Waals surface area contributed by atoms with Gasteiger partial charge in [-0.15, -0.1) is 0 Å². The minimum Gasteiger partial charge on any atom is -0.383 e. The van der Waals surface area contributed by atoms with Crippen molar-refractivity contribution < 1.29 is 14.3 Å². The highest BCUT2D eigenvalue weighted by Gasteiger charge is 2.27. The zero-order valence-electron chi connectivity index (χ0n) is 12.6. The Morgan fingerprint density at radius 1 is 1.38 bits per heavy atom. The van der Waals surface area contributed by atoms with Crippen LogP contribution < -0.4 is 5.56 Å².